The lowest BCUT2D eigenvalue weighted by Gasteiger charge is -2.28. The molecule has 1 N–H and O–H groups in total. The van der Waals surface area contributed by atoms with Crippen molar-refractivity contribution in [3.63, 3.8) is 0 Å². The van der Waals surface area contributed by atoms with Crippen LogP contribution in [0.2, 0.25) is 0 Å². The summed E-state index contributed by atoms with van der Waals surface area (Å²) in [4.78, 5) is 12.6. The van der Waals surface area contributed by atoms with Crippen LogP contribution in [0.5, 0.6) is 5.75 Å². The number of carbonyl (C=O) groups excluding carboxylic acids is 1. The van der Waals surface area contributed by atoms with E-state index in [1.165, 1.54) is 0 Å². The van der Waals surface area contributed by atoms with Crippen LogP contribution in [0.1, 0.15) is 58.9 Å². The minimum Gasteiger partial charge on any atom is -0.494 e. The quantitative estimate of drug-likeness (QED) is 0.649. The molecule has 0 bridgehead atoms. The van der Waals surface area contributed by atoms with Crippen molar-refractivity contribution in [1.29, 1.82) is 5.26 Å². The molecule has 0 aliphatic carbocycles. The van der Waals surface area contributed by atoms with Gasteiger partial charge in [-0.3, -0.25) is 4.79 Å². The number of benzene rings is 1. The van der Waals surface area contributed by atoms with Gasteiger partial charge in [-0.05, 0) is 44.9 Å². The van der Waals surface area contributed by atoms with Gasteiger partial charge in [0, 0.05) is 6.61 Å². The Morgan fingerprint density at radius 2 is 2.04 bits per heavy atom. The molecular formula is C19H28N2O3. The van der Waals surface area contributed by atoms with Crippen molar-refractivity contribution in [3.05, 3.63) is 23.8 Å². The summed E-state index contributed by atoms with van der Waals surface area (Å²) >= 11 is 0. The second-order valence-corrected chi connectivity index (χ2v) is 5.89. The number of anilines is 1. The maximum Gasteiger partial charge on any atom is 0.256 e. The van der Waals surface area contributed by atoms with Crippen molar-refractivity contribution in [2.75, 3.05) is 18.5 Å². The van der Waals surface area contributed by atoms with Crippen LogP contribution in [-0.2, 0) is 9.53 Å². The van der Waals surface area contributed by atoms with Crippen LogP contribution in [0, 0.1) is 11.3 Å². The average molecular weight is 332 g/mol. The number of nitrogens with one attached hydrogen (secondary N) is 1. The lowest BCUT2D eigenvalue weighted by atomic mass is 9.98. The molecule has 1 amide bonds. The molecular weight excluding hydrogens is 304 g/mol. The highest BCUT2D eigenvalue weighted by atomic mass is 16.5. The number of hydrogen-bond acceptors (Lipinski definition) is 4. The number of hydrogen-bond donors (Lipinski definition) is 1. The molecule has 1 unspecified atom stereocenters. The van der Waals surface area contributed by atoms with E-state index in [0.29, 0.717) is 36.6 Å². The fraction of sp³-hybridized carbons (Fsp3) is 0.579. The normalized spacial score (nSPS) is 13.0. The Labute approximate surface area is 145 Å². The Morgan fingerprint density at radius 3 is 2.62 bits per heavy atom. The summed E-state index contributed by atoms with van der Waals surface area (Å²) in [6.07, 6.45) is 3.46. The third kappa shape index (κ3) is 5.54. The third-order valence-electron chi connectivity index (χ3n) is 3.80. The minimum atomic E-state index is -0.896. The first kappa shape index (κ1) is 20.0. The van der Waals surface area contributed by atoms with Crippen LogP contribution in [0.15, 0.2) is 18.2 Å². The zero-order chi connectivity index (χ0) is 18.0. The molecule has 24 heavy (non-hydrogen) atoms. The molecule has 0 spiro atoms. The molecule has 1 aromatic carbocycles. The Bertz CT molecular complexity index is 572. The van der Waals surface area contributed by atoms with Gasteiger partial charge >= 0.3 is 0 Å². The van der Waals surface area contributed by atoms with Crippen LogP contribution in [0.3, 0.4) is 0 Å². The van der Waals surface area contributed by atoms with E-state index in [-0.39, 0.29) is 5.91 Å². The summed E-state index contributed by atoms with van der Waals surface area (Å²) in [5.41, 5.74) is -0.0351. The zero-order valence-electron chi connectivity index (χ0n) is 15.1. The SMILES string of the molecule is CCCCOc1ccc(NC(=O)C(C)(CCC)OCC)c(C#N)c1. The molecule has 5 nitrogen and oxygen atoms in total. The summed E-state index contributed by atoms with van der Waals surface area (Å²) in [6.45, 7) is 8.82. The summed E-state index contributed by atoms with van der Waals surface area (Å²) in [7, 11) is 0. The highest BCUT2D eigenvalue weighted by Gasteiger charge is 2.33. The van der Waals surface area contributed by atoms with Crippen LogP contribution in [0.4, 0.5) is 5.69 Å². The maximum absolute atomic E-state index is 12.6. The van der Waals surface area contributed by atoms with Crippen LogP contribution in [-0.4, -0.2) is 24.7 Å². The predicted octanol–water partition coefficient (Wildman–Crippen LogP) is 4.27. The van der Waals surface area contributed by atoms with E-state index in [4.69, 9.17) is 9.47 Å². The van der Waals surface area contributed by atoms with Gasteiger partial charge in [0.2, 0.25) is 0 Å². The van der Waals surface area contributed by atoms with Gasteiger partial charge in [0.05, 0.1) is 17.9 Å². The lowest BCUT2D eigenvalue weighted by molar-refractivity contribution is -0.139. The molecule has 0 aliphatic rings. The molecule has 0 saturated heterocycles. The van der Waals surface area contributed by atoms with Gasteiger partial charge in [-0.15, -0.1) is 0 Å². The Kier molecular flexibility index (Phi) is 8.28. The molecule has 0 heterocycles. The Morgan fingerprint density at radius 1 is 1.29 bits per heavy atom. The highest BCUT2D eigenvalue weighted by molar-refractivity contribution is 5.98. The van der Waals surface area contributed by atoms with Gasteiger partial charge in [0.15, 0.2) is 0 Å². The van der Waals surface area contributed by atoms with E-state index in [0.717, 1.165) is 19.3 Å². The highest BCUT2D eigenvalue weighted by Crippen LogP contribution is 2.25. The van der Waals surface area contributed by atoms with Gasteiger partial charge in [-0.1, -0.05) is 26.7 Å². The van der Waals surface area contributed by atoms with Gasteiger partial charge in [-0.2, -0.15) is 5.26 Å². The summed E-state index contributed by atoms with van der Waals surface area (Å²) in [5, 5.41) is 12.2. The van der Waals surface area contributed by atoms with Crippen LogP contribution < -0.4 is 10.1 Å². The average Bonchev–Trinajstić information content (AvgIpc) is 2.56. The molecule has 0 radical (unpaired) electrons. The number of nitrogens with zero attached hydrogens (tertiary/aromatic N) is 1. The number of unbranched alkanes of at least 4 members (excludes halogenated alkanes) is 1. The second kappa shape index (κ2) is 9.94. The van der Waals surface area contributed by atoms with Crippen LogP contribution >= 0.6 is 0 Å². The Hall–Kier alpha value is -2.06. The van der Waals surface area contributed by atoms with Gasteiger partial charge in [-0.25, -0.2) is 0 Å². The zero-order valence-corrected chi connectivity index (χ0v) is 15.1. The molecule has 132 valence electrons. The molecule has 0 aromatic heterocycles. The van der Waals surface area contributed by atoms with E-state index in [2.05, 4.69) is 18.3 Å². The molecule has 5 heteroatoms. The number of rotatable bonds is 10. The first-order valence-electron chi connectivity index (χ1n) is 8.63. The molecule has 1 aromatic rings. The van der Waals surface area contributed by atoms with Crippen LogP contribution in [0.25, 0.3) is 0 Å². The molecule has 1 atom stereocenters. The van der Waals surface area contributed by atoms with Crippen molar-refractivity contribution in [2.45, 2.75) is 59.0 Å². The number of carbonyl (C=O) groups is 1. The van der Waals surface area contributed by atoms with E-state index >= 15 is 0 Å². The molecule has 0 aliphatic heterocycles. The predicted molar refractivity (Wildman–Crippen MR) is 95.1 cm³/mol. The standard InChI is InChI=1S/C19H28N2O3/c1-5-8-12-23-16-9-10-17(15(13-16)14-20)21-18(22)19(4,11-6-2)24-7-3/h9-10,13H,5-8,11-12H2,1-4H3,(H,21,22). The summed E-state index contributed by atoms with van der Waals surface area (Å²) < 4.78 is 11.3. The largest absolute Gasteiger partial charge is 0.494 e. The lowest BCUT2D eigenvalue weighted by Crippen LogP contribution is -2.42. The summed E-state index contributed by atoms with van der Waals surface area (Å²) in [5.74, 6) is 0.404. The first-order chi connectivity index (χ1) is 11.5. The first-order valence-corrected chi connectivity index (χ1v) is 8.63. The summed E-state index contributed by atoms with van der Waals surface area (Å²) in [6, 6.07) is 7.24. The van der Waals surface area contributed by atoms with E-state index in [1.54, 1.807) is 25.1 Å². The fourth-order valence-corrected chi connectivity index (χ4v) is 2.45. The molecule has 1 rings (SSSR count). The van der Waals surface area contributed by atoms with Crippen molar-refractivity contribution < 1.29 is 14.3 Å². The number of ether oxygens (including phenoxy) is 2. The molecule has 0 fully saturated rings. The van der Waals surface area contributed by atoms with Crippen molar-refractivity contribution in [3.8, 4) is 11.8 Å². The number of amides is 1. The second-order valence-electron chi connectivity index (χ2n) is 5.89. The molecule has 0 saturated carbocycles. The fourth-order valence-electron chi connectivity index (χ4n) is 2.45. The smallest absolute Gasteiger partial charge is 0.256 e. The maximum atomic E-state index is 12.6. The van der Waals surface area contributed by atoms with Gasteiger partial charge in [0.25, 0.3) is 5.91 Å². The van der Waals surface area contributed by atoms with E-state index in [9.17, 15) is 10.1 Å². The third-order valence-corrected chi connectivity index (χ3v) is 3.80. The van der Waals surface area contributed by atoms with Crippen molar-refractivity contribution >= 4 is 11.6 Å². The van der Waals surface area contributed by atoms with Crippen molar-refractivity contribution in [1.82, 2.24) is 0 Å². The minimum absolute atomic E-state index is 0.234. The topological polar surface area (TPSA) is 71.3 Å². The van der Waals surface area contributed by atoms with Crippen molar-refractivity contribution in [2.24, 2.45) is 0 Å². The van der Waals surface area contributed by atoms with E-state index < -0.39 is 5.60 Å². The monoisotopic (exact) mass is 332 g/mol. The Balaban J connectivity index is 2.89. The van der Waals surface area contributed by atoms with Gasteiger partial charge in [0.1, 0.15) is 17.4 Å². The van der Waals surface area contributed by atoms with Gasteiger partial charge < -0.3 is 14.8 Å². The number of nitriles is 1. The van der Waals surface area contributed by atoms with E-state index in [1.807, 2.05) is 13.8 Å².